The van der Waals surface area contributed by atoms with Crippen LogP contribution >= 0.6 is 0 Å². The minimum Gasteiger partial charge on any atom is -0.376 e. The van der Waals surface area contributed by atoms with Gasteiger partial charge >= 0.3 is 0 Å². The van der Waals surface area contributed by atoms with Gasteiger partial charge in [-0.15, -0.1) is 0 Å². The van der Waals surface area contributed by atoms with E-state index in [-0.39, 0.29) is 18.4 Å². The fraction of sp³-hybridized carbons (Fsp3) is 0.385. The summed E-state index contributed by atoms with van der Waals surface area (Å²) in [6.45, 7) is 2.85. The lowest BCUT2D eigenvalue weighted by Gasteiger charge is -2.08. The first-order chi connectivity index (χ1) is 8.67. The van der Waals surface area contributed by atoms with Crippen LogP contribution in [0.25, 0.3) is 0 Å². The van der Waals surface area contributed by atoms with Crippen LogP contribution in [0.4, 0.5) is 5.69 Å². The topological polar surface area (TPSA) is 70.2 Å². The molecule has 0 heterocycles. The molecule has 0 unspecified atom stereocenters. The first kappa shape index (κ1) is 14.0. The average molecular weight is 249 g/mol. The first-order valence-electron chi connectivity index (χ1n) is 6.00. The van der Waals surface area contributed by atoms with E-state index in [0.29, 0.717) is 12.1 Å². The molecule has 1 aromatic carbocycles. The van der Waals surface area contributed by atoms with E-state index in [1.54, 1.807) is 25.2 Å². The monoisotopic (exact) mass is 249 g/mol. The van der Waals surface area contributed by atoms with Crippen molar-refractivity contribution >= 4 is 17.5 Å². The van der Waals surface area contributed by atoms with Crippen molar-refractivity contribution < 1.29 is 9.59 Å². The van der Waals surface area contributed by atoms with Crippen LogP contribution in [0, 0.1) is 0 Å². The van der Waals surface area contributed by atoms with Gasteiger partial charge in [-0.1, -0.05) is 13.0 Å². The second-order valence-corrected chi connectivity index (χ2v) is 3.86. The smallest absolute Gasteiger partial charge is 0.251 e. The fourth-order valence-corrected chi connectivity index (χ4v) is 1.38. The van der Waals surface area contributed by atoms with Gasteiger partial charge in [-0.2, -0.15) is 0 Å². The number of anilines is 1. The summed E-state index contributed by atoms with van der Waals surface area (Å²) in [7, 11) is 1.58. The molecule has 0 bridgehead atoms. The predicted octanol–water partition coefficient (Wildman–Crippen LogP) is 0.984. The molecule has 0 saturated heterocycles. The van der Waals surface area contributed by atoms with Gasteiger partial charge in [-0.3, -0.25) is 9.59 Å². The number of rotatable bonds is 6. The summed E-state index contributed by atoms with van der Waals surface area (Å²) in [5.41, 5.74) is 1.34. The summed E-state index contributed by atoms with van der Waals surface area (Å²) in [5.74, 6) is -0.198. The Bertz CT molecular complexity index is 418. The normalized spacial score (nSPS) is 9.67. The van der Waals surface area contributed by atoms with Gasteiger partial charge in [0.2, 0.25) is 5.91 Å². The van der Waals surface area contributed by atoms with Crippen molar-refractivity contribution in [1.29, 1.82) is 0 Å². The van der Waals surface area contributed by atoms with Crippen molar-refractivity contribution in [3.8, 4) is 0 Å². The van der Waals surface area contributed by atoms with Gasteiger partial charge in [0.05, 0.1) is 6.54 Å². The van der Waals surface area contributed by atoms with Crippen molar-refractivity contribution in [1.82, 2.24) is 10.6 Å². The first-order valence-corrected chi connectivity index (χ1v) is 6.00. The lowest BCUT2D eigenvalue weighted by Crippen LogP contribution is -2.26. The van der Waals surface area contributed by atoms with Gasteiger partial charge in [0.25, 0.3) is 5.91 Å². The lowest BCUT2D eigenvalue weighted by atomic mass is 10.2. The molecule has 0 aromatic heterocycles. The summed E-state index contributed by atoms with van der Waals surface area (Å²) < 4.78 is 0. The van der Waals surface area contributed by atoms with E-state index in [9.17, 15) is 9.59 Å². The highest BCUT2D eigenvalue weighted by atomic mass is 16.2. The maximum Gasteiger partial charge on any atom is 0.251 e. The van der Waals surface area contributed by atoms with Crippen LogP contribution in [0.15, 0.2) is 24.3 Å². The Hall–Kier alpha value is -2.04. The number of carbonyl (C=O) groups is 2. The highest BCUT2D eigenvalue weighted by Gasteiger charge is 2.05. The summed E-state index contributed by atoms with van der Waals surface area (Å²) in [6, 6.07) is 7.08. The maximum absolute atomic E-state index is 11.7. The molecule has 0 atom stereocenters. The molecule has 18 heavy (non-hydrogen) atoms. The standard InChI is InChI=1S/C13H19N3O2/c1-3-7-15-13(18)10-5-4-6-11(8-10)16-9-12(17)14-2/h4-6,8,16H,3,7,9H2,1-2H3,(H,14,17)(H,15,18). The summed E-state index contributed by atoms with van der Waals surface area (Å²) in [5, 5.41) is 8.28. The van der Waals surface area contributed by atoms with Crippen molar-refractivity contribution in [2.75, 3.05) is 25.5 Å². The Balaban J connectivity index is 2.61. The van der Waals surface area contributed by atoms with Gasteiger partial charge in [0.15, 0.2) is 0 Å². The van der Waals surface area contributed by atoms with Gasteiger partial charge in [-0.25, -0.2) is 0 Å². The van der Waals surface area contributed by atoms with Gasteiger partial charge in [0.1, 0.15) is 0 Å². The molecule has 5 nitrogen and oxygen atoms in total. The number of hydrogen-bond donors (Lipinski definition) is 3. The minimum absolute atomic E-state index is 0.0968. The molecule has 0 aliphatic carbocycles. The van der Waals surface area contributed by atoms with E-state index in [2.05, 4.69) is 16.0 Å². The molecule has 1 aromatic rings. The molecule has 1 rings (SSSR count). The van der Waals surface area contributed by atoms with E-state index in [1.165, 1.54) is 0 Å². The number of likely N-dealkylation sites (N-methyl/N-ethyl adjacent to an activating group) is 1. The van der Waals surface area contributed by atoms with Crippen LogP contribution in [0.2, 0.25) is 0 Å². The molecule has 0 aliphatic rings. The molecule has 0 spiro atoms. The molecule has 0 radical (unpaired) electrons. The highest BCUT2D eigenvalue weighted by molar-refractivity contribution is 5.95. The zero-order valence-electron chi connectivity index (χ0n) is 10.7. The van der Waals surface area contributed by atoms with E-state index < -0.39 is 0 Å². The van der Waals surface area contributed by atoms with Crippen LogP contribution < -0.4 is 16.0 Å². The van der Waals surface area contributed by atoms with E-state index in [1.807, 2.05) is 13.0 Å². The van der Waals surface area contributed by atoms with Gasteiger partial charge in [0, 0.05) is 24.8 Å². The minimum atomic E-state index is -0.101. The summed E-state index contributed by atoms with van der Waals surface area (Å²) in [4.78, 5) is 22.8. The third kappa shape index (κ3) is 4.45. The van der Waals surface area contributed by atoms with Crippen LogP contribution in [0.5, 0.6) is 0 Å². The molecule has 0 fully saturated rings. The molecular formula is C13H19N3O2. The van der Waals surface area contributed by atoms with Gasteiger partial charge < -0.3 is 16.0 Å². The third-order valence-electron chi connectivity index (χ3n) is 2.39. The fourth-order valence-electron chi connectivity index (χ4n) is 1.38. The maximum atomic E-state index is 11.7. The average Bonchev–Trinajstić information content (AvgIpc) is 2.42. The van der Waals surface area contributed by atoms with Crippen molar-refractivity contribution in [3.05, 3.63) is 29.8 Å². The number of hydrogen-bond acceptors (Lipinski definition) is 3. The summed E-state index contributed by atoms with van der Waals surface area (Å²) >= 11 is 0. The Morgan fingerprint density at radius 3 is 2.72 bits per heavy atom. The second-order valence-electron chi connectivity index (χ2n) is 3.86. The quantitative estimate of drug-likeness (QED) is 0.704. The van der Waals surface area contributed by atoms with Crippen molar-refractivity contribution in [3.63, 3.8) is 0 Å². The third-order valence-corrected chi connectivity index (χ3v) is 2.39. The largest absolute Gasteiger partial charge is 0.376 e. The molecule has 98 valence electrons. The Morgan fingerprint density at radius 1 is 1.28 bits per heavy atom. The Morgan fingerprint density at radius 2 is 2.06 bits per heavy atom. The molecule has 3 N–H and O–H groups in total. The molecule has 0 saturated carbocycles. The molecule has 0 aliphatic heterocycles. The van der Waals surface area contributed by atoms with E-state index >= 15 is 0 Å². The SMILES string of the molecule is CCCNC(=O)c1cccc(NCC(=O)NC)c1. The van der Waals surface area contributed by atoms with Gasteiger partial charge in [-0.05, 0) is 24.6 Å². The Kier molecular flexibility index (Phi) is 5.70. The number of benzene rings is 1. The summed E-state index contributed by atoms with van der Waals surface area (Å²) in [6.07, 6.45) is 0.903. The number of amides is 2. The zero-order chi connectivity index (χ0) is 13.4. The predicted molar refractivity (Wildman–Crippen MR) is 71.6 cm³/mol. The van der Waals surface area contributed by atoms with Crippen molar-refractivity contribution in [2.45, 2.75) is 13.3 Å². The molecule has 5 heteroatoms. The van der Waals surface area contributed by atoms with Crippen LogP contribution in [-0.2, 0) is 4.79 Å². The zero-order valence-corrected chi connectivity index (χ0v) is 10.7. The van der Waals surface area contributed by atoms with Crippen LogP contribution in [0.1, 0.15) is 23.7 Å². The molecular weight excluding hydrogens is 230 g/mol. The van der Waals surface area contributed by atoms with E-state index in [4.69, 9.17) is 0 Å². The second kappa shape index (κ2) is 7.32. The van der Waals surface area contributed by atoms with Crippen LogP contribution in [-0.4, -0.2) is 32.0 Å². The van der Waals surface area contributed by atoms with Crippen LogP contribution in [0.3, 0.4) is 0 Å². The molecule has 2 amide bonds. The number of carbonyl (C=O) groups excluding carboxylic acids is 2. The number of nitrogens with one attached hydrogen (secondary N) is 3. The highest BCUT2D eigenvalue weighted by Crippen LogP contribution is 2.10. The lowest BCUT2D eigenvalue weighted by molar-refractivity contribution is -0.118. The Labute approximate surface area is 107 Å². The van der Waals surface area contributed by atoms with Crippen molar-refractivity contribution in [2.24, 2.45) is 0 Å². The van der Waals surface area contributed by atoms with E-state index in [0.717, 1.165) is 12.1 Å².